The lowest BCUT2D eigenvalue weighted by molar-refractivity contribution is 0.0350. The highest BCUT2D eigenvalue weighted by molar-refractivity contribution is 5.81. The molecule has 0 bridgehead atoms. The monoisotopic (exact) mass is 273 g/mol. The van der Waals surface area contributed by atoms with Gasteiger partial charge in [-0.1, -0.05) is 50.6 Å². The number of aliphatic hydroxyl groups is 1. The van der Waals surface area contributed by atoms with E-state index in [2.05, 4.69) is 12.1 Å². The van der Waals surface area contributed by atoms with Crippen molar-refractivity contribution in [2.24, 2.45) is 5.16 Å². The van der Waals surface area contributed by atoms with E-state index in [1.54, 1.807) is 0 Å². The Bertz CT molecular complexity index is 208. The summed E-state index contributed by atoms with van der Waals surface area (Å²) in [5.74, 6) is 0. The largest absolute Gasteiger partial charge is 0.394 e. The van der Waals surface area contributed by atoms with Gasteiger partial charge in [0.2, 0.25) is 0 Å². The van der Waals surface area contributed by atoms with Gasteiger partial charge in [0.25, 0.3) is 0 Å². The van der Waals surface area contributed by atoms with Crippen molar-refractivity contribution in [3.05, 3.63) is 0 Å². The number of unbranched alkanes of at least 4 members (excludes halogenated alkanes) is 6. The van der Waals surface area contributed by atoms with Gasteiger partial charge in [-0.2, -0.15) is 0 Å². The summed E-state index contributed by atoms with van der Waals surface area (Å²) in [7, 11) is 0. The maximum atomic E-state index is 8.51. The van der Waals surface area contributed by atoms with E-state index in [1.807, 2.05) is 6.92 Å². The van der Waals surface area contributed by atoms with Crippen LogP contribution in [0, 0.1) is 0 Å². The van der Waals surface area contributed by atoms with Crippen LogP contribution in [0.1, 0.15) is 65.2 Å². The van der Waals surface area contributed by atoms with Crippen molar-refractivity contribution in [1.82, 2.24) is 0 Å². The molecule has 0 saturated carbocycles. The number of hydrogen-bond donors (Lipinski definition) is 1. The van der Waals surface area contributed by atoms with Crippen LogP contribution in [-0.2, 0) is 9.57 Å². The van der Waals surface area contributed by atoms with Crippen molar-refractivity contribution >= 4 is 5.71 Å². The average Bonchev–Trinajstić information content (AvgIpc) is 2.41. The van der Waals surface area contributed by atoms with Crippen molar-refractivity contribution in [3.8, 4) is 0 Å². The predicted octanol–water partition coefficient (Wildman–Crippen LogP) is 3.53. The standard InChI is InChI=1S/C15H31NO3/c1-3-4-5-6-7-8-9-10-15(2)16-19-14-13-18-12-11-17/h17H,3-14H2,1-2H3. The van der Waals surface area contributed by atoms with E-state index >= 15 is 0 Å². The van der Waals surface area contributed by atoms with E-state index in [-0.39, 0.29) is 6.61 Å². The zero-order valence-corrected chi connectivity index (χ0v) is 12.7. The molecule has 1 N–H and O–H groups in total. The first-order valence-corrected chi connectivity index (χ1v) is 7.65. The molecule has 0 unspecified atom stereocenters. The molecule has 0 aliphatic heterocycles. The van der Waals surface area contributed by atoms with Gasteiger partial charge in [-0.15, -0.1) is 0 Å². The molecule has 19 heavy (non-hydrogen) atoms. The summed E-state index contributed by atoms with van der Waals surface area (Å²) in [6, 6.07) is 0. The van der Waals surface area contributed by atoms with Crippen LogP contribution in [0.4, 0.5) is 0 Å². The second-order valence-electron chi connectivity index (χ2n) is 4.87. The second kappa shape index (κ2) is 15.4. The third-order valence-corrected chi connectivity index (χ3v) is 2.92. The lowest BCUT2D eigenvalue weighted by Crippen LogP contribution is -2.06. The first-order chi connectivity index (χ1) is 9.31. The topological polar surface area (TPSA) is 51.0 Å². The van der Waals surface area contributed by atoms with Crippen LogP contribution in [0.5, 0.6) is 0 Å². The molecule has 0 spiro atoms. The molecule has 0 radical (unpaired) electrons. The maximum absolute atomic E-state index is 8.51. The Hall–Kier alpha value is -0.610. The minimum absolute atomic E-state index is 0.0561. The SMILES string of the molecule is CCCCCCCCCC(C)=NOCCOCCO. The summed E-state index contributed by atoms with van der Waals surface area (Å²) < 4.78 is 5.07. The molecule has 0 atom stereocenters. The minimum Gasteiger partial charge on any atom is -0.394 e. The Morgan fingerprint density at radius 2 is 1.63 bits per heavy atom. The van der Waals surface area contributed by atoms with Crippen LogP contribution in [-0.4, -0.2) is 37.2 Å². The highest BCUT2D eigenvalue weighted by Crippen LogP contribution is 2.08. The van der Waals surface area contributed by atoms with Crippen molar-refractivity contribution in [2.75, 3.05) is 26.4 Å². The first kappa shape index (κ1) is 18.4. The molecule has 0 rings (SSSR count). The third-order valence-electron chi connectivity index (χ3n) is 2.92. The minimum atomic E-state index is 0.0561. The highest BCUT2D eigenvalue weighted by Gasteiger charge is 1.95. The molecule has 0 heterocycles. The van der Waals surface area contributed by atoms with Crippen LogP contribution >= 0.6 is 0 Å². The summed E-state index contributed by atoms with van der Waals surface area (Å²) in [6.45, 7) is 5.61. The van der Waals surface area contributed by atoms with Crippen LogP contribution in [0.25, 0.3) is 0 Å². The maximum Gasteiger partial charge on any atom is 0.140 e. The van der Waals surface area contributed by atoms with E-state index in [0.717, 1.165) is 12.1 Å². The number of nitrogens with zero attached hydrogens (tertiary/aromatic N) is 1. The van der Waals surface area contributed by atoms with Gasteiger partial charge in [-0.25, -0.2) is 0 Å². The number of ether oxygens (including phenoxy) is 1. The van der Waals surface area contributed by atoms with Gasteiger partial charge in [-0.3, -0.25) is 0 Å². The van der Waals surface area contributed by atoms with E-state index in [4.69, 9.17) is 14.7 Å². The van der Waals surface area contributed by atoms with E-state index < -0.39 is 0 Å². The van der Waals surface area contributed by atoms with Crippen molar-refractivity contribution in [3.63, 3.8) is 0 Å². The van der Waals surface area contributed by atoms with Crippen LogP contribution in [0.3, 0.4) is 0 Å². The Morgan fingerprint density at radius 3 is 2.32 bits per heavy atom. The Balaban J connectivity index is 3.25. The molecule has 114 valence electrons. The number of rotatable bonds is 14. The molecular weight excluding hydrogens is 242 g/mol. The molecule has 0 fully saturated rings. The van der Waals surface area contributed by atoms with Crippen molar-refractivity contribution < 1.29 is 14.7 Å². The van der Waals surface area contributed by atoms with E-state index in [1.165, 1.54) is 44.9 Å². The van der Waals surface area contributed by atoms with Gasteiger partial charge in [0.05, 0.1) is 25.5 Å². The zero-order chi connectivity index (χ0) is 14.2. The Kier molecular flexibility index (Phi) is 15.0. The van der Waals surface area contributed by atoms with Crippen LogP contribution in [0.15, 0.2) is 5.16 Å². The van der Waals surface area contributed by atoms with Gasteiger partial charge in [0.1, 0.15) is 6.61 Å². The summed E-state index contributed by atoms with van der Waals surface area (Å²) in [5, 5.41) is 12.5. The molecule has 4 nitrogen and oxygen atoms in total. The zero-order valence-electron chi connectivity index (χ0n) is 12.7. The first-order valence-electron chi connectivity index (χ1n) is 7.65. The molecule has 4 heteroatoms. The van der Waals surface area contributed by atoms with Gasteiger partial charge in [-0.05, 0) is 19.8 Å². The molecule has 0 aromatic carbocycles. The summed E-state index contributed by atoms with van der Waals surface area (Å²) >= 11 is 0. The number of aliphatic hydroxyl groups excluding tert-OH is 1. The third kappa shape index (κ3) is 15.3. The van der Waals surface area contributed by atoms with Crippen LogP contribution in [0.2, 0.25) is 0 Å². The van der Waals surface area contributed by atoms with Gasteiger partial charge < -0.3 is 14.7 Å². The molecule has 0 amide bonds. The lowest BCUT2D eigenvalue weighted by Gasteiger charge is -2.03. The second-order valence-corrected chi connectivity index (χ2v) is 4.87. The normalized spacial score (nSPS) is 11.8. The predicted molar refractivity (Wildman–Crippen MR) is 79.6 cm³/mol. The van der Waals surface area contributed by atoms with Gasteiger partial charge in [0, 0.05) is 0 Å². The van der Waals surface area contributed by atoms with E-state index in [0.29, 0.717) is 19.8 Å². The lowest BCUT2D eigenvalue weighted by atomic mass is 10.1. The molecule has 0 aliphatic rings. The Morgan fingerprint density at radius 1 is 0.947 bits per heavy atom. The van der Waals surface area contributed by atoms with E-state index in [9.17, 15) is 0 Å². The molecule has 0 saturated heterocycles. The summed E-state index contributed by atoms with van der Waals surface area (Å²) in [4.78, 5) is 5.13. The van der Waals surface area contributed by atoms with Crippen molar-refractivity contribution in [1.29, 1.82) is 0 Å². The molecular formula is C15H31NO3. The van der Waals surface area contributed by atoms with Gasteiger partial charge in [0.15, 0.2) is 0 Å². The average molecular weight is 273 g/mol. The smallest absolute Gasteiger partial charge is 0.140 e. The Labute approximate surface area is 118 Å². The molecule has 0 aromatic rings. The summed E-state index contributed by atoms with van der Waals surface area (Å²) in [6.07, 6.45) is 10.3. The fourth-order valence-electron chi connectivity index (χ4n) is 1.80. The van der Waals surface area contributed by atoms with Gasteiger partial charge >= 0.3 is 0 Å². The fraction of sp³-hybridized carbons (Fsp3) is 0.933. The summed E-state index contributed by atoms with van der Waals surface area (Å²) in [5.41, 5.74) is 1.05. The fourth-order valence-corrected chi connectivity index (χ4v) is 1.80. The number of oxime groups is 1. The van der Waals surface area contributed by atoms with Crippen molar-refractivity contribution in [2.45, 2.75) is 65.2 Å². The molecule has 0 aromatic heterocycles. The quantitative estimate of drug-likeness (QED) is 0.299. The highest BCUT2D eigenvalue weighted by atomic mass is 16.6. The molecule has 0 aliphatic carbocycles. The number of hydrogen-bond acceptors (Lipinski definition) is 4. The van der Waals surface area contributed by atoms with Crippen LogP contribution < -0.4 is 0 Å².